The number of ether oxygens (including phenoxy) is 2. The number of furan rings is 1. The van der Waals surface area contributed by atoms with Crippen molar-refractivity contribution in [3.05, 3.63) is 47.9 Å². The molecule has 0 saturated carbocycles. The van der Waals surface area contributed by atoms with Gasteiger partial charge in [0.05, 0.1) is 27.0 Å². The number of carbonyl (C=O) groups is 1. The number of benzene rings is 1. The van der Waals surface area contributed by atoms with E-state index in [2.05, 4.69) is 4.72 Å². The van der Waals surface area contributed by atoms with Crippen molar-refractivity contribution in [2.75, 3.05) is 14.2 Å². The Balaban J connectivity index is 2.45. The van der Waals surface area contributed by atoms with Crippen LogP contribution in [-0.2, 0) is 21.4 Å². The van der Waals surface area contributed by atoms with E-state index in [9.17, 15) is 13.2 Å². The number of sulfonamides is 1. The predicted molar refractivity (Wildman–Crippen MR) is 88.9 cm³/mol. The zero-order valence-electron chi connectivity index (χ0n) is 13.6. The van der Waals surface area contributed by atoms with Crippen molar-refractivity contribution in [3.63, 3.8) is 0 Å². The van der Waals surface area contributed by atoms with Crippen molar-refractivity contribution >= 4 is 22.1 Å². The minimum absolute atomic E-state index is 0.0157. The van der Waals surface area contributed by atoms with Crippen LogP contribution in [0.2, 0.25) is 0 Å². The predicted octanol–water partition coefficient (Wildman–Crippen LogP) is 1.87. The van der Waals surface area contributed by atoms with Gasteiger partial charge in [0.1, 0.15) is 10.7 Å². The second-order valence-corrected chi connectivity index (χ2v) is 6.57. The number of methoxy groups -OCH3 is 2. The van der Waals surface area contributed by atoms with Crippen LogP contribution < -0.4 is 14.2 Å². The van der Waals surface area contributed by atoms with Crippen LogP contribution in [0.4, 0.5) is 0 Å². The number of rotatable bonds is 8. The lowest BCUT2D eigenvalue weighted by Crippen LogP contribution is -2.23. The Hall–Kier alpha value is -2.78. The van der Waals surface area contributed by atoms with E-state index >= 15 is 0 Å². The zero-order valence-corrected chi connectivity index (χ0v) is 14.4. The number of hydrogen-bond donors (Lipinski definition) is 2. The molecule has 0 radical (unpaired) electrons. The molecule has 0 bridgehead atoms. The Kier molecular flexibility index (Phi) is 5.84. The van der Waals surface area contributed by atoms with E-state index in [1.54, 1.807) is 12.1 Å². The van der Waals surface area contributed by atoms with Crippen LogP contribution in [0.1, 0.15) is 11.3 Å². The van der Waals surface area contributed by atoms with E-state index in [1.807, 2.05) is 0 Å². The highest BCUT2D eigenvalue weighted by atomic mass is 32.2. The van der Waals surface area contributed by atoms with Gasteiger partial charge in [0.25, 0.3) is 0 Å². The molecule has 134 valence electrons. The number of hydrogen-bond acceptors (Lipinski definition) is 6. The molecule has 1 heterocycles. The smallest absolute Gasteiger partial charge is 0.328 e. The molecular weight excluding hydrogens is 350 g/mol. The van der Waals surface area contributed by atoms with E-state index in [0.717, 1.165) is 6.08 Å². The molecule has 0 unspecified atom stereocenters. The van der Waals surface area contributed by atoms with E-state index in [1.165, 1.54) is 38.7 Å². The largest absolute Gasteiger partial charge is 0.493 e. The summed E-state index contributed by atoms with van der Waals surface area (Å²) in [4.78, 5) is 10.5. The number of carboxylic acids is 1. The molecule has 2 rings (SSSR count). The minimum atomic E-state index is -3.97. The van der Waals surface area contributed by atoms with Gasteiger partial charge in [-0.1, -0.05) is 0 Å². The highest BCUT2D eigenvalue weighted by Gasteiger charge is 2.24. The highest BCUT2D eigenvalue weighted by molar-refractivity contribution is 7.89. The van der Waals surface area contributed by atoms with Crippen molar-refractivity contribution < 1.29 is 32.2 Å². The minimum Gasteiger partial charge on any atom is -0.493 e. The lowest BCUT2D eigenvalue weighted by molar-refractivity contribution is -0.131. The molecule has 2 N–H and O–H groups in total. The van der Waals surface area contributed by atoms with Gasteiger partial charge >= 0.3 is 5.97 Å². The van der Waals surface area contributed by atoms with Crippen molar-refractivity contribution in [2.45, 2.75) is 11.4 Å². The quantitative estimate of drug-likeness (QED) is 0.684. The van der Waals surface area contributed by atoms with Gasteiger partial charge in [-0.05, 0) is 35.9 Å². The first-order chi connectivity index (χ1) is 11.9. The molecule has 0 aliphatic rings. The highest BCUT2D eigenvalue weighted by Crippen LogP contribution is 2.36. The van der Waals surface area contributed by atoms with Crippen molar-refractivity contribution in [1.82, 2.24) is 4.72 Å². The maximum absolute atomic E-state index is 12.6. The van der Waals surface area contributed by atoms with Crippen LogP contribution >= 0.6 is 0 Å². The van der Waals surface area contributed by atoms with Gasteiger partial charge in [-0.3, -0.25) is 0 Å². The second-order valence-electron chi connectivity index (χ2n) is 4.83. The van der Waals surface area contributed by atoms with Crippen LogP contribution in [0.25, 0.3) is 6.08 Å². The summed E-state index contributed by atoms with van der Waals surface area (Å²) in [5.41, 5.74) is 0.332. The first kappa shape index (κ1) is 18.6. The summed E-state index contributed by atoms with van der Waals surface area (Å²) in [5.74, 6) is -0.540. The Labute approximate surface area is 144 Å². The fourth-order valence-corrected chi connectivity index (χ4v) is 3.28. The van der Waals surface area contributed by atoms with Gasteiger partial charge in [-0.2, -0.15) is 0 Å². The summed E-state index contributed by atoms with van der Waals surface area (Å²) in [6.45, 7) is -0.0456. The molecule has 9 heteroatoms. The summed E-state index contributed by atoms with van der Waals surface area (Å²) in [7, 11) is -1.30. The fourth-order valence-electron chi connectivity index (χ4n) is 2.07. The van der Waals surface area contributed by atoms with Crippen LogP contribution in [0.5, 0.6) is 11.5 Å². The molecule has 25 heavy (non-hydrogen) atoms. The molecule has 1 aromatic carbocycles. The van der Waals surface area contributed by atoms with E-state index in [0.29, 0.717) is 11.3 Å². The maximum atomic E-state index is 12.6. The molecule has 2 aromatic rings. The van der Waals surface area contributed by atoms with Crippen molar-refractivity contribution in [2.24, 2.45) is 0 Å². The molecule has 0 aliphatic heterocycles. The van der Waals surface area contributed by atoms with Gasteiger partial charge in [0, 0.05) is 6.08 Å². The third-order valence-corrected chi connectivity index (χ3v) is 4.60. The Morgan fingerprint density at radius 1 is 1.32 bits per heavy atom. The van der Waals surface area contributed by atoms with Crippen LogP contribution in [0.15, 0.2) is 45.9 Å². The van der Waals surface area contributed by atoms with Crippen molar-refractivity contribution in [1.29, 1.82) is 0 Å². The molecular formula is C16H17NO7S. The average Bonchev–Trinajstić information content (AvgIpc) is 3.10. The zero-order chi connectivity index (χ0) is 18.4. The average molecular weight is 367 g/mol. The summed E-state index contributed by atoms with van der Waals surface area (Å²) in [6.07, 6.45) is 3.59. The molecule has 0 atom stereocenters. The molecule has 0 spiro atoms. The summed E-state index contributed by atoms with van der Waals surface area (Å²) >= 11 is 0. The van der Waals surface area contributed by atoms with Gasteiger partial charge in [0.15, 0.2) is 11.5 Å². The first-order valence-corrected chi connectivity index (χ1v) is 8.54. The molecule has 0 saturated heterocycles. The lowest BCUT2D eigenvalue weighted by atomic mass is 10.2. The van der Waals surface area contributed by atoms with E-state index < -0.39 is 16.0 Å². The Morgan fingerprint density at radius 2 is 2.08 bits per heavy atom. The van der Waals surface area contributed by atoms with E-state index in [4.69, 9.17) is 19.0 Å². The number of carboxylic acid groups (broad SMARTS) is 1. The standard InChI is InChI=1S/C16H17NO7S/c1-22-13-8-11(5-6-15(18)19)9-14(16(13)23-2)25(20,21)17-10-12-4-3-7-24-12/h3-9,17H,10H2,1-2H3,(H,18,19)/b6-5+. The molecule has 8 nitrogen and oxygen atoms in total. The van der Waals surface area contributed by atoms with E-state index in [-0.39, 0.29) is 22.9 Å². The van der Waals surface area contributed by atoms with Gasteiger partial charge < -0.3 is 19.0 Å². The SMILES string of the molecule is COc1cc(/C=C/C(=O)O)cc(S(=O)(=O)NCc2ccco2)c1OC. The third-order valence-electron chi connectivity index (χ3n) is 3.19. The second kappa shape index (κ2) is 7.86. The Bertz CT molecular complexity index is 870. The molecule has 0 aliphatic carbocycles. The van der Waals surface area contributed by atoms with Crippen LogP contribution in [0.3, 0.4) is 0 Å². The normalized spacial score (nSPS) is 11.6. The van der Waals surface area contributed by atoms with Gasteiger partial charge in [0.2, 0.25) is 10.0 Å². The first-order valence-electron chi connectivity index (χ1n) is 7.06. The number of aliphatic carboxylic acids is 1. The summed E-state index contributed by atoms with van der Waals surface area (Å²) in [6, 6.07) is 6.05. The summed E-state index contributed by atoms with van der Waals surface area (Å²) < 4.78 is 43.1. The third kappa shape index (κ3) is 4.61. The topological polar surface area (TPSA) is 115 Å². The maximum Gasteiger partial charge on any atom is 0.328 e. The summed E-state index contributed by atoms with van der Waals surface area (Å²) in [5, 5.41) is 8.74. The van der Waals surface area contributed by atoms with Gasteiger partial charge in [-0.15, -0.1) is 0 Å². The molecule has 0 fully saturated rings. The molecule has 0 amide bonds. The molecule has 1 aromatic heterocycles. The van der Waals surface area contributed by atoms with Gasteiger partial charge in [-0.25, -0.2) is 17.9 Å². The number of nitrogens with one attached hydrogen (secondary N) is 1. The Morgan fingerprint density at radius 3 is 2.64 bits per heavy atom. The monoisotopic (exact) mass is 367 g/mol. The fraction of sp³-hybridized carbons (Fsp3) is 0.188. The lowest BCUT2D eigenvalue weighted by Gasteiger charge is -2.14. The van der Waals surface area contributed by atoms with Crippen LogP contribution in [0, 0.1) is 0 Å². The van der Waals surface area contributed by atoms with Crippen molar-refractivity contribution in [3.8, 4) is 11.5 Å². The van der Waals surface area contributed by atoms with Crippen LogP contribution in [-0.4, -0.2) is 33.7 Å².